The largest absolute Gasteiger partial charge is 0.796 e. The molecule has 38 heavy (non-hydrogen) atoms. The third-order valence-electron chi connectivity index (χ3n) is 6.95. The second kappa shape index (κ2) is 12.1. The van der Waals surface area contributed by atoms with Crippen molar-refractivity contribution in [2.24, 2.45) is 0 Å². The topological polar surface area (TPSA) is 57.9 Å². The number of nitrogens with one attached hydrogen (secondary N) is 2. The van der Waals surface area contributed by atoms with Crippen molar-refractivity contribution in [2.75, 3.05) is 0 Å². The summed E-state index contributed by atoms with van der Waals surface area (Å²) in [5, 5.41) is 0. The first kappa shape index (κ1) is 27.2. The highest BCUT2D eigenvalue weighted by atomic mass is 19.2. The molecule has 7 heteroatoms. The van der Waals surface area contributed by atoms with Gasteiger partial charge in [-0.3, -0.25) is 4.79 Å². The normalized spacial score (nSPS) is 11.6. The van der Waals surface area contributed by atoms with E-state index in [0.717, 1.165) is 51.2 Å². The molecule has 0 aliphatic carbocycles. The fourth-order valence-electron chi connectivity index (χ4n) is 5.29. The molecule has 0 atom stereocenters. The molecule has 2 aromatic carbocycles. The highest BCUT2D eigenvalue weighted by Crippen LogP contribution is 2.35. The lowest BCUT2D eigenvalue weighted by molar-refractivity contribution is 0.104. The Balaban J connectivity index is 1.86. The Morgan fingerprint density at radius 1 is 0.711 bits per heavy atom. The van der Waals surface area contributed by atoms with Crippen LogP contribution in [0.25, 0.3) is 28.3 Å². The number of H-pyrrole nitrogens is 2. The summed E-state index contributed by atoms with van der Waals surface area (Å²) in [5.41, 5.74) is 8.33. The monoisotopic (exact) mass is 514 g/mol. The molecular formula is C31H33BF2N2O2. The van der Waals surface area contributed by atoms with E-state index < -0.39 is 13.3 Å². The number of allylic oxidation sites excluding steroid dienone is 1. The summed E-state index contributed by atoms with van der Waals surface area (Å²) in [6.45, 7) is 8.05. The van der Waals surface area contributed by atoms with Crippen molar-refractivity contribution in [3.63, 3.8) is 0 Å². The zero-order chi connectivity index (χ0) is 27.2. The average Bonchev–Trinajstić information content (AvgIpc) is 3.51. The number of ketones is 1. The maximum absolute atomic E-state index is 13.7. The Labute approximate surface area is 223 Å². The average molecular weight is 514 g/mol. The number of benzene rings is 2. The molecular weight excluding hydrogens is 481 g/mol. The molecule has 0 saturated carbocycles. The van der Waals surface area contributed by atoms with Crippen LogP contribution in [0.2, 0.25) is 0 Å². The summed E-state index contributed by atoms with van der Waals surface area (Å²) < 4.78 is 32.3. The first-order chi connectivity index (χ1) is 18.4. The number of hydrogen-bond donors (Lipinski definition) is 2. The molecule has 2 N–H and O–H groups in total. The Hall–Kier alpha value is -3.87. The van der Waals surface area contributed by atoms with Gasteiger partial charge in [-0.15, -0.1) is 0 Å². The molecule has 0 aliphatic heterocycles. The summed E-state index contributed by atoms with van der Waals surface area (Å²) in [4.78, 5) is 20.3. The van der Waals surface area contributed by atoms with Gasteiger partial charge >= 0.3 is 7.47 Å². The van der Waals surface area contributed by atoms with E-state index in [-0.39, 0.29) is 5.76 Å². The SMILES string of the molecule is CCc1c(C(=O)/C=C(/OB(F)F)c2[nH]c(-c3ccccc3)c(CC)c2CC)[nH]c(-c2ccccc2)c1CC. The van der Waals surface area contributed by atoms with E-state index in [1.807, 2.05) is 88.4 Å². The van der Waals surface area contributed by atoms with Crippen LogP contribution >= 0.6 is 0 Å². The predicted octanol–water partition coefficient (Wildman–Crippen LogP) is 8.09. The van der Waals surface area contributed by atoms with E-state index >= 15 is 0 Å². The lowest BCUT2D eigenvalue weighted by atomic mass is 9.98. The van der Waals surface area contributed by atoms with Gasteiger partial charge in [-0.25, -0.2) is 8.63 Å². The van der Waals surface area contributed by atoms with Gasteiger partial charge < -0.3 is 14.6 Å². The fraction of sp³-hybridized carbons (Fsp3) is 0.258. The molecule has 196 valence electrons. The molecule has 2 aromatic heterocycles. The minimum absolute atomic E-state index is 0.158. The van der Waals surface area contributed by atoms with Crippen molar-refractivity contribution < 1.29 is 18.1 Å². The molecule has 0 unspecified atom stereocenters. The van der Waals surface area contributed by atoms with Gasteiger partial charge in [0.15, 0.2) is 0 Å². The van der Waals surface area contributed by atoms with Crippen LogP contribution in [0, 0.1) is 0 Å². The van der Waals surface area contributed by atoms with E-state index in [9.17, 15) is 13.4 Å². The molecule has 2 heterocycles. The zero-order valence-electron chi connectivity index (χ0n) is 22.3. The minimum atomic E-state index is -3.08. The van der Waals surface area contributed by atoms with Crippen molar-refractivity contribution in [1.29, 1.82) is 0 Å². The maximum atomic E-state index is 13.7. The first-order valence-electron chi connectivity index (χ1n) is 13.2. The Kier molecular flexibility index (Phi) is 8.67. The smallest absolute Gasteiger partial charge is 0.503 e. The van der Waals surface area contributed by atoms with Crippen LogP contribution in [-0.2, 0) is 30.3 Å². The summed E-state index contributed by atoms with van der Waals surface area (Å²) >= 11 is 0. The van der Waals surface area contributed by atoms with Gasteiger partial charge in [0, 0.05) is 17.5 Å². The van der Waals surface area contributed by atoms with Crippen molar-refractivity contribution in [3.05, 3.63) is 100 Å². The highest BCUT2D eigenvalue weighted by molar-refractivity contribution is 6.36. The molecule has 0 fully saturated rings. The number of hydrogen-bond acceptors (Lipinski definition) is 2. The van der Waals surface area contributed by atoms with Gasteiger partial charge in [0.1, 0.15) is 5.76 Å². The molecule has 4 nitrogen and oxygen atoms in total. The maximum Gasteiger partial charge on any atom is 0.796 e. The molecule has 0 bridgehead atoms. The fourth-order valence-corrected chi connectivity index (χ4v) is 5.29. The molecule has 0 saturated heterocycles. The lowest BCUT2D eigenvalue weighted by Gasteiger charge is -2.10. The third-order valence-corrected chi connectivity index (χ3v) is 6.95. The third kappa shape index (κ3) is 5.37. The lowest BCUT2D eigenvalue weighted by Crippen LogP contribution is -2.09. The number of carbonyl (C=O) groups is 1. The predicted molar refractivity (Wildman–Crippen MR) is 151 cm³/mol. The molecule has 4 rings (SSSR count). The van der Waals surface area contributed by atoms with Gasteiger partial charge in [-0.1, -0.05) is 88.4 Å². The molecule has 0 amide bonds. The molecule has 0 radical (unpaired) electrons. The summed E-state index contributed by atoms with van der Waals surface area (Å²) in [5.74, 6) is -0.556. The van der Waals surface area contributed by atoms with Gasteiger partial charge in [-0.2, -0.15) is 0 Å². The second-order valence-electron chi connectivity index (χ2n) is 9.06. The standard InChI is InChI=1S/C31H33BF2N2O2/c1-5-22-24(7-3)30(35-28(22)20-15-11-9-12-16-20)26(37)19-27(38-32(33)34)31-25(8-4)23(6-2)29(36-31)21-17-13-10-14-18-21/h9-19,35-36H,5-8H2,1-4H3/b27-19+. The number of aromatic amines is 2. The van der Waals surface area contributed by atoms with Crippen LogP contribution in [0.15, 0.2) is 66.7 Å². The van der Waals surface area contributed by atoms with E-state index in [2.05, 4.69) is 9.97 Å². The quantitative estimate of drug-likeness (QED) is 0.0920. The van der Waals surface area contributed by atoms with Gasteiger partial charge in [0.2, 0.25) is 5.78 Å². The van der Waals surface area contributed by atoms with Crippen LogP contribution in [0.5, 0.6) is 0 Å². The van der Waals surface area contributed by atoms with E-state index in [1.54, 1.807) is 0 Å². The van der Waals surface area contributed by atoms with Gasteiger partial charge in [0.25, 0.3) is 0 Å². The Morgan fingerprint density at radius 3 is 1.55 bits per heavy atom. The van der Waals surface area contributed by atoms with Crippen LogP contribution in [0.3, 0.4) is 0 Å². The summed E-state index contributed by atoms with van der Waals surface area (Å²) in [6.07, 6.45) is 3.87. The molecule has 0 aliphatic rings. The second-order valence-corrected chi connectivity index (χ2v) is 9.06. The van der Waals surface area contributed by atoms with Crippen molar-refractivity contribution in [3.8, 4) is 22.5 Å². The van der Waals surface area contributed by atoms with Crippen molar-refractivity contribution >= 4 is 19.0 Å². The number of aromatic nitrogens is 2. The van der Waals surface area contributed by atoms with Crippen LogP contribution in [-0.4, -0.2) is 23.2 Å². The van der Waals surface area contributed by atoms with Crippen LogP contribution < -0.4 is 0 Å². The Bertz CT molecular complexity index is 1420. The van der Waals surface area contributed by atoms with E-state index in [4.69, 9.17) is 4.65 Å². The van der Waals surface area contributed by atoms with Gasteiger partial charge in [0.05, 0.1) is 11.4 Å². The van der Waals surface area contributed by atoms with Gasteiger partial charge in [-0.05, 0) is 59.1 Å². The number of halogens is 2. The van der Waals surface area contributed by atoms with Crippen molar-refractivity contribution in [2.45, 2.75) is 53.4 Å². The summed E-state index contributed by atoms with van der Waals surface area (Å²) in [7, 11) is -3.08. The Morgan fingerprint density at radius 2 is 1.13 bits per heavy atom. The zero-order valence-corrected chi connectivity index (χ0v) is 22.3. The van der Waals surface area contributed by atoms with Crippen LogP contribution in [0.1, 0.15) is 66.1 Å². The molecule has 4 aromatic rings. The molecule has 0 spiro atoms. The van der Waals surface area contributed by atoms with Crippen molar-refractivity contribution in [1.82, 2.24) is 9.97 Å². The first-order valence-corrected chi connectivity index (χ1v) is 13.2. The van der Waals surface area contributed by atoms with E-state index in [1.165, 1.54) is 6.08 Å². The number of carbonyl (C=O) groups excluding carboxylic acids is 1. The van der Waals surface area contributed by atoms with Crippen LogP contribution in [0.4, 0.5) is 8.63 Å². The van der Waals surface area contributed by atoms with E-state index in [0.29, 0.717) is 30.7 Å². The number of rotatable bonds is 11. The summed E-state index contributed by atoms with van der Waals surface area (Å²) in [6, 6.07) is 19.6. The highest BCUT2D eigenvalue weighted by Gasteiger charge is 2.27. The minimum Gasteiger partial charge on any atom is -0.503 e.